The summed E-state index contributed by atoms with van der Waals surface area (Å²) in [5.74, 6) is 1.06. The Kier molecular flexibility index (Phi) is 4.78. The van der Waals surface area contributed by atoms with Crippen LogP contribution in [0.3, 0.4) is 0 Å². The van der Waals surface area contributed by atoms with Gasteiger partial charge >= 0.3 is 0 Å². The van der Waals surface area contributed by atoms with Crippen molar-refractivity contribution in [2.24, 2.45) is 5.92 Å². The summed E-state index contributed by atoms with van der Waals surface area (Å²) in [4.78, 5) is 13.7. The second-order valence-corrected chi connectivity index (χ2v) is 4.51. The third kappa shape index (κ3) is 4.12. The standard InChI is InChI=1S/C10H18BrNO/c1-2-6-12(7-5-11)10(13)8-9-3-4-9/h9H,2-8H2,1H3. The molecular weight excluding hydrogens is 230 g/mol. The first kappa shape index (κ1) is 11.0. The Morgan fingerprint density at radius 1 is 1.46 bits per heavy atom. The molecule has 13 heavy (non-hydrogen) atoms. The molecule has 1 fully saturated rings. The topological polar surface area (TPSA) is 20.3 Å². The van der Waals surface area contributed by atoms with E-state index in [0.29, 0.717) is 11.8 Å². The van der Waals surface area contributed by atoms with Gasteiger partial charge in [-0.25, -0.2) is 0 Å². The van der Waals surface area contributed by atoms with E-state index in [9.17, 15) is 4.79 Å². The Hall–Kier alpha value is -0.0500. The quantitative estimate of drug-likeness (QED) is 0.661. The van der Waals surface area contributed by atoms with Crippen LogP contribution in [0, 0.1) is 5.92 Å². The van der Waals surface area contributed by atoms with E-state index >= 15 is 0 Å². The molecule has 3 heteroatoms. The van der Waals surface area contributed by atoms with Gasteiger partial charge in [-0.1, -0.05) is 22.9 Å². The largest absolute Gasteiger partial charge is 0.342 e. The highest BCUT2D eigenvalue weighted by molar-refractivity contribution is 9.09. The van der Waals surface area contributed by atoms with Crippen molar-refractivity contribution in [3.63, 3.8) is 0 Å². The molecule has 1 aliphatic rings. The number of nitrogens with zero attached hydrogens (tertiary/aromatic N) is 1. The summed E-state index contributed by atoms with van der Waals surface area (Å²) < 4.78 is 0. The van der Waals surface area contributed by atoms with Crippen molar-refractivity contribution in [1.29, 1.82) is 0 Å². The molecule has 0 radical (unpaired) electrons. The van der Waals surface area contributed by atoms with Gasteiger partial charge in [0.05, 0.1) is 0 Å². The Morgan fingerprint density at radius 3 is 2.62 bits per heavy atom. The summed E-state index contributed by atoms with van der Waals surface area (Å²) in [5, 5.41) is 0.892. The van der Waals surface area contributed by atoms with Crippen LogP contribution in [0.15, 0.2) is 0 Å². The summed E-state index contributed by atoms with van der Waals surface area (Å²) in [5.41, 5.74) is 0. The molecule has 0 atom stereocenters. The van der Waals surface area contributed by atoms with Gasteiger partial charge in [-0.2, -0.15) is 0 Å². The van der Waals surface area contributed by atoms with E-state index in [2.05, 4.69) is 22.9 Å². The van der Waals surface area contributed by atoms with Crippen LogP contribution >= 0.6 is 15.9 Å². The maximum Gasteiger partial charge on any atom is 0.222 e. The Bertz CT molecular complexity index is 162. The van der Waals surface area contributed by atoms with Gasteiger partial charge in [-0.05, 0) is 25.2 Å². The summed E-state index contributed by atoms with van der Waals surface area (Å²) >= 11 is 3.38. The van der Waals surface area contributed by atoms with Crippen molar-refractivity contribution in [3.8, 4) is 0 Å². The van der Waals surface area contributed by atoms with E-state index in [4.69, 9.17) is 0 Å². The molecule has 0 heterocycles. The van der Waals surface area contributed by atoms with Gasteiger partial charge in [0.25, 0.3) is 0 Å². The highest BCUT2D eigenvalue weighted by atomic mass is 79.9. The van der Waals surface area contributed by atoms with Gasteiger partial charge < -0.3 is 4.90 Å². The summed E-state index contributed by atoms with van der Waals surface area (Å²) in [6, 6.07) is 0. The molecule has 0 aromatic heterocycles. The molecule has 0 bridgehead atoms. The summed E-state index contributed by atoms with van der Waals surface area (Å²) in [6.07, 6.45) is 4.37. The van der Waals surface area contributed by atoms with Gasteiger partial charge in [0.15, 0.2) is 0 Å². The van der Waals surface area contributed by atoms with Gasteiger partial charge in [0.1, 0.15) is 0 Å². The fourth-order valence-corrected chi connectivity index (χ4v) is 1.86. The first-order valence-electron chi connectivity index (χ1n) is 5.11. The van der Waals surface area contributed by atoms with Crippen LogP contribution in [0.4, 0.5) is 0 Å². The second kappa shape index (κ2) is 5.63. The maximum atomic E-state index is 11.7. The molecule has 0 N–H and O–H groups in total. The number of carbonyl (C=O) groups is 1. The predicted octanol–water partition coefficient (Wildman–Crippen LogP) is 2.42. The molecule has 0 unspecified atom stereocenters. The van der Waals surface area contributed by atoms with Gasteiger partial charge in [0, 0.05) is 24.8 Å². The van der Waals surface area contributed by atoms with Crippen LogP contribution in [0.5, 0.6) is 0 Å². The molecule has 1 rings (SSSR count). The Balaban J connectivity index is 2.27. The Labute approximate surface area is 88.8 Å². The van der Waals surface area contributed by atoms with Crippen molar-refractivity contribution in [2.45, 2.75) is 32.6 Å². The molecule has 2 nitrogen and oxygen atoms in total. The number of amides is 1. The highest BCUT2D eigenvalue weighted by Crippen LogP contribution is 2.32. The molecule has 76 valence electrons. The van der Waals surface area contributed by atoms with Crippen molar-refractivity contribution in [1.82, 2.24) is 4.90 Å². The molecule has 0 aliphatic heterocycles. The van der Waals surface area contributed by atoms with Crippen LogP contribution in [-0.4, -0.2) is 29.2 Å². The zero-order valence-electron chi connectivity index (χ0n) is 8.26. The van der Waals surface area contributed by atoms with Crippen LogP contribution in [0.2, 0.25) is 0 Å². The van der Waals surface area contributed by atoms with Crippen molar-refractivity contribution in [2.75, 3.05) is 18.4 Å². The SMILES string of the molecule is CCCN(CCBr)C(=O)CC1CC1. The van der Waals surface area contributed by atoms with Gasteiger partial charge in [0.2, 0.25) is 5.91 Å². The first-order chi connectivity index (χ1) is 6.27. The van der Waals surface area contributed by atoms with E-state index in [1.807, 2.05) is 4.90 Å². The van der Waals surface area contributed by atoms with Crippen LogP contribution in [0.25, 0.3) is 0 Å². The monoisotopic (exact) mass is 247 g/mol. The normalized spacial score (nSPS) is 15.8. The van der Waals surface area contributed by atoms with Crippen LogP contribution in [0.1, 0.15) is 32.6 Å². The lowest BCUT2D eigenvalue weighted by atomic mass is 10.2. The summed E-state index contributed by atoms with van der Waals surface area (Å²) in [6.45, 7) is 3.89. The molecule has 1 aliphatic carbocycles. The fraction of sp³-hybridized carbons (Fsp3) is 0.900. The molecule has 0 aromatic carbocycles. The van der Waals surface area contributed by atoms with Crippen molar-refractivity contribution < 1.29 is 4.79 Å². The lowest BCUT2D eigenvalue weighted by Gasteiger charge is -2.20. The lowest BCUT2D eigenvalue weighted by Crippen LogP contribution is -2.33. The Morgan fingerprint density at radius 2 is 2.15 bits per heavy atom. The second-order valence-electron chi connectivity index (χ2n) is 3.72. The van der Waals surface area contributed by atoms with Crippen LogP contribution < -0.4 is 0 Å². The average molecular weight is 248 g/mol. The average Bonchev–Trinajstić information content (AvgIpc) is 2.88. The fourth-order valence-electron chi connectivity index (χ4n) is 1.43. The molecule has 0 saturated heterocycles. The molecule has 0 spiro atoms. The number of hydrogen-bond donors (Lipinski definition) is 0. The number of rotatable bonds is 6. The number of alkyl halides is 1. The van der Waals surface area contributed by atoms with Crippen LogP contribution in [-0.2, 0) is 4.79 Å². The predicted molar refractivity (Wildman–Crippen MR) is 58.0 cm³/mol. The third-order valence-electron chi connectivity index (χ3n) is 2.36. The van der Waals surface area contributed by atoms with Crippen molar-refractivity contribution >= 4 is 21.8 Å². The molecular formula is C10H18BrNO. The van der Waals surface area contributed by atoms with E-state index in [1.165, 1.54) is 12.8 Å². The minimum absolute atomic E-state index is 0.351. The minimum Gasteiger partial charge on any atom is -0.342 e. The molecule has 1 saturated carbocycles. The third-order valence-corrected chi connectivity index (χ3v) is 2.72. The zero-order chi connectivity index (χ0) is 9.68. The zero-order valence-corrected chi connectivity index (χ0v) is 9.85. The first-order valence-corrected chi connectivity index (χ1v) is 6.23. The number of carbonyl (C=O) groups excluding carboxylic acids is 1. The highest BCUT2D eigenvalue weighted by Gasteiger charge is 2.26. The summed E-state index contributed by atoms with van der Waals surface area (Å²) in [7, 11) is 0. The lowest BCUT2D eigenvalue weighted by molar-refractivity contribution is -0.131. The number of halogens is 1. The van der Waals surface area contributed by atoms with E-state index < -0.39 is 0 Å². The van der Waals surface area contributed by atoms with E-state index in [1.54, 1.807) is 0 Å². The molecule has 1 amide bonds. The van der Waals surface area contributed by atoms with Gasteiger partial charge in [-0.15, -0.1) is 0 Å². The van der Waals surface area contributed by atoms with E-state index in [-0.39, 0.29) is 0 Å². The van der Waals surface area contributed by atoms with Crippen molar-refractivity contribution in [3.05, 3.63) is 0 Å². The smallest absolute Gasteiger partial charge is 0.222 e. The number of hydrogen-bond acceptors (Lipinski definition) is 1. The maximum absolute atomic E-state index is 11.7. The minimum atomic E-state index is 0.351. The van der Waals surface area contributed by atoms with Gasteiger partial charge in [-0.3, -0.25) is 4.79 Å². The molecule has 0 aromatic rings. The van der Waals surface area contributed by atoms with E-state index in [0.717, 1.165) is 31.3 Å².